The molecule has 5 heteroatoms. The first-order valence-corrected chi connectivity index (χ1v) is 8.16. The highest BCUT2D eigenvalue weighted by Crippen LogP contribution is 2.55. The molecule has 1 N–H and O–H groups in total. The fourth-order valence-electron chi connectivity index (χ4n) is 3.37. The van der Waals surface area contributed by atoms with Crippen LogP contribution in [0, 0.1) is 17.8 Å². The zero-order valence-corrected chi connectivity index (χ0v) is 13.6. The normalized spacial score (nSPS) is 27.2. The van der Waals surface area contributed by atoms with Gasteiger partial charge in [0.15, 0.2) is 0 Å². The van der Waals surface area contributed by atoms with E-state index in [1.54, 1.807) is 13.3 Å². The summed E-state index contributed by atoms with van der Waals surface area (Å²) in [6.45, 7) is 0. The molecule has 2 aliphatic rings. The lowest BCUT2D eigenvalue weighted by atomic mass is 10.0. The van der Waals surface area contributed by atoms with Gasteiger partial charge in [-0.15, -0.1) is 0 Å². The average molecular weight is 351 g/mol. The zero-order valence-electron chi connectivity index (χ0n) is 12.0. The highest BCUT2D eigenvalue weighted by Gasteiger charge is 2.54. The van der Waals surface area contributed by atoms with Gasteiger partial charge >= 0.3 is 0 Å². The number of hydrogen-bond donors (Lipinski definition) is 1. The molecule has 1 aromatic carbocycles. The Hall–Kier alpha value is -1.36. The number of halogens is 1. The summed E-state index contributed by atoms with van der Waals surface area (Å²) in [6.07, 6.45) is 6.59. The molecule has 3 rings (SSSR count). The third-order valence-electron chi connectivity index (χ3n) is 4.54. The number of amides is 1. The molecule has 0 heterocycles. The molecule has 0 radical (unpaired) electrons. The molecule has 112 valence electrons. The number of carbonyl (C=O) groups excluding carboxylic acids is 1. The van der Waals surface area contributed by atoms with Crippen LogP contribution in [0.5, 0.6) is 5.75 Å². The fourth-order valence-corrected chi connectivity index (χ4v) is 3.72. The van der Waals surface area contributed by atoms with E-state index in [2.05, 4.69) is 26.5 Å². The van der Waals surface area contributed by atoms with Crippen molar-refractivity contribution in [2.75, 3.05) is 7.11 Å². The number of fused-ring (bicyclic) bond motifs is 1. The third kappa shape index (κ3) is 3.12. The molecule has 2 atom stereocenters. The van der Waals surface area contributed by atoms with Gasteiger partial charge in [0.05, 0.1) is 13.3 Å². The molecule has 4 nitrogen and oxygen atoms in total. The van der Waals surface area contributed by atoms with Crippen molar-refractivity contribution < 1.29 is 9.53 Å². The first kappa shape index (κ1) is 14.6. The number of nitrogens with zero attached hydrogens (tertiary/aromatic N) is 1. The van der Waals surface area contributed by atoms with Crippen molar-refractivity contribution >= 4 is 28.1 Å². The van der Waals surface area contributed by atoms with Gasteiger partial charge in [-0.25, -0.2) is 5.43 Å². The van der Waals surface area contributed by atoms with Crippen LogP contribution in [0.4, 0.5) is 0 Å². The van der Waals surface area contributed by atoms with E-state index < -0.39 is 0 Å². The molecule has 0 aliphatic heterocycles. The Labute approximate surface area is 133 Å². The van der Waals surface area contributed by atoms with Gasteiger partial charge in [0.25, 0.3) is 0 Å². The fraction of sp³-hybridized carbons (Fsp3) is 0.500. The van der Waals surface area contributed by atoms with E-state index in [0.717, 1.165) is 15.8 Å². The van der Waals surface area contributed by atoms with Gasteiger partial charge in [-0.2, -0.15) is 5.10 Å². The lowest BCUT2D eigenvalue weighted by molar-refractivity contribution is -0.122. The number of nitrogens with one attached hydrogen (secondary N) is 1. The molecule has 21 heavy (non-hydrogen) atoms. The Morgan fingerprint density at radius 1 is 1.38 bits per heavy atom. The van der Waals surface area contributed by atoms with Crippen LogP contribution in [0.3, 0.4) is 0 Å². The van der Waals surface area contributed by atoms with Crippen molar-refractivity contribution in [2.45, 2.75) is 25.7 Å². The van der Waals surface area contributed by atoms with Crippen molar-refractivity contribution in [2.24, 2.45) is 22.9 Å². The molecule has 0 bridgehead atoms. The number of hydrazone groups is 1. The molecule has 1 amide bonds. The quantitative estimate of drug-likeness (QED) is 0.668. The molecular weight excluding hydrogens is 332 g/mol. The summed E-state index contributed by atoms with van der Waals surface area (Å²) in [6, 6.07) is 5.64. The minimum Gasteiger partial charge on any atom is -0.497 e. The molecular formula is C16H19BrN2O2. The van der Waals surface area contributed by atoms with Crippen molar-refractivity contribution in [3.8, 4) is 5.75 Å². The summed E-state index contributed by atoms with van der Waals surface area (Å²) in [5.74, 6) is 2.25. The van der Waals surface area contributed by atoms with Gasteiger partial charge < -0.3 is 4.74 Å². The SMILES string of the molecule is COc1ccc(Br)c(/C=N/NC(=O)C2C3CCCCC32)c1. The van der Waals surface area contributed by atoms with Crippen LogP contribution < -0.4 is 10.2 Å². The van der Waals surface area contributed by atoms with E-state index in [4.69, 9.17) is 4.74 Å². The smallest absolute Gasteiger partial charge is 0.243 e. The topological polar surface area (TPSA) is 50.7 Å². The van der Waals surface area contributed by atoms with Crippen LogP contribution in [0.1, 0.15) is 31.2 Å². The maximum absolute atomic E-state index is 12.1. The van der Waals surface area contributed by atoms with Gasteiger partial charge in [-0.3, -0.25) is 4.79 Å². The maximum Gasteiger partial charge on any atom is 0.243 e. The Morgan fingerprint density at radius 3 is 2.76 bits per heavy atom. The first-order valence-electron chi connectivity index (χ1n) is 7.37. The summed E-state index contributed by atoms with van der Waals surface area (Å²) in [5, 5.41) is 4.09. The monoisotopic (exact) mass is 350 g/mol. The predicted molar refractivity (Wildman–Crippen MR) is 85.4 cm³/mol. The minimum absolute atomic E-state index is 0.0715. The van der Waals surface area contributed by atoms with E-state index >= 15 is 0 Å². The standard InChI is InChI=1S/C16H19BrN2O2/c1-21-11-6-7-14(17)10(8-11)9-18-19-16(20)15-12-4-2-3-5-13(12)15/h6-9,12-13,15H,2-5H2,1H3,(H,19,20)/b18-9+. The first-order chi connectivity index (χ1) is 10.2. The third-order valence-corrected chi connectivity index (χ3v) is 5.26. The Kier molecular flexibility index (Phi) is 4.29. The molecule has 2 fully saturated rings. The van der Waals surface area contributed by atoms with Crippen molar-refractivity contribution in [3.63, 3.8) is 0 Å². The average Bonchev–Trinajstić information content (AvgIpc) is 3.23. The van der Waals surface area contributed by atoms with Crippen LogP contribution >= 0.6 is 15.9 Å². The lowest BCUT2D eigenvalue weighted by Gasteiger charge is -2.04. The van der Waals surface area contributed by atoms with Gasteiger partial charge in [0, 0.05) is 16.0 Å². The molecule has 0 aromatic heterocycles. The number of benzene rings is 1. The van der Waals surface area contributed by atoms with Gasteiger partial charge in [0.1, 0.15) is 5.75 Å². The number of ether oxygens (including phenoxy) is 1. The van der Waals surface area contributed by atoms with Gasteiger partial charge in [-0.05, 0) is 42.9 Å². The van der Waals surface area contributed by atoms with Crippen LogP contribution in [0.25, 0.3) is 0 Å². The van der Waals surface area contributed by atoms with Gasteiger partial charge in [-0.1, -0.05) is 28.8 Å². The highest BCUT2D eigenvalue weighted by molar-refractivity contribution is 9.10. The zero-order chi connectivity index (χ0) is 14.8. The summed E-state index contributed by atoms with van der Waals surface area (Å²) >= 11 is 3.46. The number of methoxy groups -OCH3 is 1. The molecule has 1 aromatic rings. The molecule has 0 saturated heterocycles. The molecule has 2 aliphatic carbocycles. The molecule has 0 spiro atoms. The van der Waals surface area contributed by atoms with Gasteiger partial charge in [0.2, 0.25) is 5.91 Å². The summed E-state index contributed by atoms with van der Waals surface area (Å²) < 4.78 is 6.10. The highest BCUT2D eigenvalue weighted by atomic mass is 79.9. The van der Waals surface area contributed by atoms with Crippen molar-refractivity contribution in [3.05, 3.63) is 28.2 Å². The van der Waals surface area contributed by atoms with E-state index in [1.165, 1.54) is 25.7 Å². The molecule has 2 saturated carbocycles. The molecule has 2 unspecified atom stereocenters. The van der Waals surface area contributed by atoms with Crippen LogP contribution in [0.15, 0.2) is 27.8 Å². The largest absolute Gasteiger partial charge is 0.497 e. The number of rotatable bonds is 4. The Morgan fingerprint density at radius 2 is 2.10 bits per heavy atom. The summed E-state index contributed by atoms with van der Waals surface area (Å²) in [5.41, 5.74) is 3.56. The predicted octanol–water partition coefficient (Wildman–Crippen LogP) is 3.34. The number of hydrogen-bond acceptors (Lipinski definition) is 3. The minimum atomic E-state index is 0.0715. The second-order valence-corrected chi connectivity index (χ2v) is 6.61. The second kappa shape index (κ2) is 6.18. The Bertz CT molecular complexity index is 561. The summed E-state index contributed by atoms with van der Waals surface area (Å²) in [7, 11) is 1.63. The van der Waals surface area contributed by atoms with Crippen molar-refractivity contribution in [1.82, 2.24) is 5.43 Å². The maximum atomic E-state index is 12.1. The summed E-state index contributed by atoms with van der Waals surface area (Å²) in [4.78, 5) is 12.1. The van der Waals surface area contributed by atoms with Crippen LogP contribution in [-0.2, 0) is 4.79 Å². The van der Waals surface area contributed by atoms with E-state index in [1.807, 2.05) is 18.2 Å². The second-order valence-electron chi connectivity index (χ2n) is 5.76. The lowest BCUT2D eigenvalue weighted by Crippen LogP contribution is -2.20. The number of carbonyl (C=O) groups is 1. The van der Waals surface area contributed by atoms with Crippen LogP contribution in [-0.4, -0.2) is 19.2 Å². The van der Waals surface area contributed by atoms with E-state index in [9.17, 15) is 4.79 Å². The van der Waals surface area contributed by atoms with Crippen LogP contribution in [0.2, 0.25) is 0 Å². The van der Waals surface area contributed by atoms with E-state index in [0.29, 0.717) is 11.8 Å². The Balaban J connectivity index is 1.58. The van der Waals surface area contributed by atoms with Crippen molar-refractivity contribution in [1.29, 1.82) is 0 Å². The van der Waals surface area contributed by atoms with E-state index in [-0.39, 0.29) is 11.8 Å².